The molecule has 1 saturated carbocycles. The maximum Gasteiger partial charge on any atom is 0.139 e. The highest BCUT2D eigenvalue weighted by atomic mass is 16.3. The van der Waals surface area contributed by atoms with Crippen LogP contribution in [0.5, 0.6) is 5.75 Å². The second-order valence-electron chi connectivity index (χ2n) is 6.84. The molecule has 2 heteroatoms. The molecule has 104 valence electrons. The minimum atomic E-state index is -0.109. The van der Waals surface area contributed by atoms with E-state index in [4.69, 9.17) is 0 Å². The Hall–Kier alpha value is -1.57. The average Bonchev–Trinajstić information content (AvgIpc) is 2.74. The SMILES string of the molecule is C[C@]12CC=C3c4ccc(O)cc4CC[C@@H]3[C@@H]1CCC2=O. The molecule has 0 radical (unpaired) electrons. The minimum absolute atomic E-state index is 0.109. The molecular formula is C18H20O2. The lowest BCUT2D eigenvalue weighted by Crippen LogP contribution is -2.38. The van der Waals surface area contributed by atoms with E-state index >= 15 is 0 Å². The normalized spacial score (nSPS) is 35.0. The van der Waals surface area contributed by atoms with Crippen molar-refractivity contribution in [3.8, 4) is 5.75 Å². The molecule has 0 aliphatic heterocycles. The molecule has 20 heavy (non-hydrogen) atoms. The molecule has 1 aromatic rings. The highest BCUT2D eigenvalue weighted by molar-refractivity contribution is 5.89. The summed E-state index contributed by atoms with van der Waals surface area (Å²) in [6.07, 6.45) is 7.16. The standard InChI is InChI=1S/C18H20O2/c1-18-9-8-14-13-5-3-12(19)10-11(13)2-4-15(14)16(18)6-7-17(18)20/h3,5,8,10,15-16,19H,2,4,6-7,9H2,1H3/t15-,16-,18-/m0/s1. The largest absolute Gasteiger partial charge is 0.508 e. The number of hydrogen-bond acceptors (Lipinski definition) is 2. The lowest BCUT2D eigenvalue weighted by Gasteiger charge is -2.43. The summed E-state index contributed by atoms with van der Waals surface area (Å²) in [5.41, 5.74) is 3.90. The van der Waals surface area contributed by atoms with Gasteiger partial charge in [0.05, 0.1) is 0 Å². The van der Waals surface area contributed by atoms with Gasteiger partial charge in [0, 0.05) is 11.8 Å². The molecule has 3 atom stereocenters. The number of hydrogen-bond donors (Lipinski definition) is 1. The van der Waals surface area contributed by atoms with Crippen molar-refractivity contribution in [1.29, 1.82) is 0 Å². The quantitative estimate of drug-likeness (QED) is 0.778. The van der Waals surface area contributed by atoms with E-state index in [9.17, 15) is 9.90 Å². The van der Waals surface area contributed by atoms with Crippen LogP contribution >= 0.6 is 0 Å². The van der Waals surface area contributed by atoms with E-state index in [1.807, 2.05) is 6.07 Å². The first kappa shape index (κ1) is 12.2. The summed E-state index contributed by atoms with van der Waals surface area (Å²) in [7, 11) is 0. The van der Waals surface area contributed by atoms with Crippen LogP contribution in [0.3, 0.4) is 0 Å². The molecule has 2 nitrogen and oxygen atoms in total. The molecule has 4 rings (SSSR count). The Morgan fingerprint density at radius 1 is 1.25 bits per heavy atom. The highest BCUT2D eigenvalue weighted by Gasteiger charge is 2.51. The zero-order valence-electron chi connectivity index (χ0n) is 11.9. The van der Waals surface area contributed by atoms with E-state index in [1.165, 1.54) is 16.7 Å². The molecule has 0 aromatic heterocycles. The third kappa shape index (κ3) is 1.48. The van der Waals surface area contributed by atoms with Crippen molar-refractivity contribution < 1.29 is 9.90 Å². The van der Waals surface area contributed by atoms with Crippen molar-refractivity contribution in [2.75, 3.05) is 0 Å². The van der Waals surface area contributed by atoms with E-state index in [1.54, 1.807) is 6.07 Å². The second kappa shape index (κ2) is 3.97. The second-order valence-corrected chi connectivity index (χ2v) is 6.84. The first-order valence-corrected chi connectivity index (χ1v) is 7.65. The van der Waals surface area contributed by atoms with Crippen molar-refractivity contribution >= 4 is 11.4 Å². The number of phenols is 1. The van der Waals surface area contributed by atoms with Crippen molar-refractivity contribution in [2.45, 2.75) is 39.0 Å². The molecule has 3 aliphatic rings. The Morgan fingerprint density at radius 2 is 2.10 bits per heavy atom. The molecule has 1 fully saturated rings. The van der Waals surface area contributed by atoms with Gasteiger partial charge in [0.15, 0.2) is 0 Å². The first-order valence-electron chi connectivity index (χ1n) is 7.65. The Labute approximate surface area is 119 Å². The van der Waals surface area contributed by atoms with E-state index in [0.29, 0.717) is 23.4 Å². The maximum atomic E-state index is 12.2. The lowest BCUT2D eigenvalue weighted by atomic mass is 9.60. The van der Waals surface area contributed by atoms with Crippen molar-refractivity contribution in [3.05, 3.63) is 35.4 Å². The fraction of sp³-hybridized carbons (Fsp3) is 0.500. The van der Waals surface area contributed by atoms with Gasteiger partial charge in [-0.15, -0.1) is 0 Å². The Morgan fingerprint density at radius 3 is 2.95 bits per heavy atom. The number of ketones is 1. The van der Waals surface area contributed by atoms with Gasteiger partial charge in [-0.05, 0) is 66.4 Å². The average molecular weight is 268 g/mol. The van der Waals surface area contributed by atoms with Gasteiger partial charge in [0.25, 0.3) is 0 Å². The lowest BCUT2D eigenvalue weighted by molar-refractivity contribution is -0.126. The zero-order chi connectivity index (χ0) is 13.9. The summed E-state index contributed by atoms with van der Waals surface area (Å²) in [4.78, 5) is 12.2. The predicted molar refractivity (Wildman–Crippen MR) is 78.3 cm³/mol. The van der Waals surface area contributed by atoms with Crippen molar-refractivity contribution in [3.63, 3.8) is 0 Å². The number of Topliss-reactive ketones (excluding diaryl/α,β-unsaturated/α-hetero) is 1. The number of rotatable bonds is 0. The van der Waals surface area contributed by atoms with Gasteiger partial charge >= 0.3 is 0 Å². The van der Waals surface area contributed by atoms with Gasteiger partial charge in [-0.1, -0.05) is 19.1 Å². The van der Waals surface area contributed by atoms with Crippen LogP contribution in [0.1, 0.15) is 43.7 Å². The van der Waals surface area contributed by atoms with E-state index in [0.717, 1.165) is 32.1 Å². The molecule has 0 heterocycles. The van der Waals surface area contributed by atoms with Crippen molar-refractivity contribution in [2.24, 2.45) is 17.3 Å². The van der Waals surface area contributed by atoms with E-state index < -0.39 is 0 Å². The van der Waals surface area contributed by atoms with E-state index in [-0.39, 0.29) is 5.41 Å². The van der Waals surface area contributed by atoms with Gasteiger partial charge in [-0.3, -0.25) is 4.79 Å². The molecule has 0 spiro atoms. The number of aromatic hydroxyl groups is 1. The number of allylic oxidation sites excluding steroid dienone is 2. The number of benzene rings is 1. The summed E-state index contributed by atoms with van der Waals surface area (Å²) in [6.45, 7) is 2.17. The number of carbonyl (C=O) groups is 1. The van der Waals surface area contributed by atoms with Gasteiger partial charge in [0.1, 0.15) is 11.5 Å². The third-order valence-corrected chi connectivity index (χ3v) is 5.89. The number of fused-ring (bicyclic) bond motifs is 5. The van der Waals surface area contributed by atoms with Crippen LogP contribution in [0.25, 0.3) is 5.57 Å². The Balaban J connectivity index is 1.81. The molecular weight excluding hydrogens is 248 g/mol. The number of aryl methyl sites for hydroxylation is 1. The van der Waals surface area contributed by atoms with Gasteiger partial charge < -0.3 is 5.11 Å². The fourth-order valence-electron chi connectivity index (χ4n) is 4.74. The van der Waals surface area contributed by atoms with Crippen LogP contribution < -0.4 is 0 Å². The summed E-state index contributed by atoms with van der Waals surface area (Å²) in [5.74, 6) is 1.89. The van der Waals surface area contributed by atoms with Crippen LogP contribution in [-0.2, 0) is 11.2 Å². The van der Waals surface area contributed by atoms with Gasteiger partial charge in [0.2, 0.25) is 0 Å². The van der Waals surface area contributed by atoms with Crippen LogP contribution in [0.2, 0.25) is 0 Å². The fourth-order valence-corrected chi connectivity index (χ4v) is 4.74. The smallest absolute Gasteiger partial charge is 0.139 e. The van der Waals surface area contributed by atoms with Crippen LogP contribution in [0.4, 0.5) is 0 Å². The van der Waals surface area contributed by atoms with Gasteiger partial charge in [-0.2, -0.15) is 0 Å². The first-order chi connectivity index (χ1) is 9.59. The molecule has 1 aromatic carbocycles. The molecule has 3 aliphatic carbocycles. The molecule has 0 bridgehead atoms. The van der Waals surface area contributed by atoms with Crippen LogP contribution in [0, 0.1) is 17.3 Å². The van der Waals surface area contributed by atoms with E-state index in [2.05, 4.69) is 19.1 Å². The minimum Gasteiger partial charge on any atom is -0.508 e. The topological polar surface area (TPSA) is 37.3 Å². The molecule has 0 unspecified atom stereocenters. The highest BCUT2D eigenvalue weighted by Crippen LogP contribution is 2.56. The van der Waals surface area contributed by atoms with Crippen LogP contribution in [0.15, 0.2) is 24.3 Å². The van der Waals surface area contributed by atoms with Crippen molar-refractivity contribution in [1.82, 2.24) is 0 Å². The summed E-state index contributed by atoms with van der Waals surface area (Å²) >= 11 is 0. The zero-order valence-corrected chi connectivity index (χ0v) is 11.9. The summed E-state index contributed by atoms with van der Waals surface area (Å²) < 4.78 is 0. The van der Waals surface area contributed by atoms with Crippen LogP contribution in [-0.4, -0.2) is 10.9 Å². The Kier molecular flexibility index (Phi) is 2.42. The number of phenolic OH excluding ortho intramolecular Hbond substituents is 1. The Bertz CT molecular complexity index is 628. The summed E-state index contributed by atoms with van der Waals surface area (Å²) in [6, 6.07) is 5.75. The molecule has 0 amide bonds. The monoisotopic (exact) mass is 268 g/mol. The summed E-state index contributed by atoms with van der Waals surface area (Å²) in [5, 5.41) is 9.65. The third-order valence-electron chi connectivity index (χ3n) is 5.89. The maximum absolute atomic E-state index is 12.2. The number of carbonyl (C=O) groups excluding carboxylic acids is 1. The molecule has 0 saturated heterocycles. The predicted octanol–water partition coefficient (Wildman–Crippen LogP) is 3.73. The van der Waals surface area contributed by atoms with Gasteiger partial charge in [-0.25, -0.2) is 0 Å². The molecule has 1 N–H and O–H groups in total.